The van der Waals surface area contributed by atoms with Gasteiger partial charge in [-0.15, -0.1) is 0 Å². The molecule has 1 heterocycles. The Balaban J connectivity index is 1.66. The highest BCUT2D eigenvalue weighted by Gasteiger charge is 2.43. The lowest BCUT2D eigenvalue weighted by atomic mass is 10.1. The summed E-state index contributed by atoms with van der Waals surface area (Å²) in [5.74, 6) is 0.519. The van der Waals surface area contributed by atoms with E-state index in [1.807, 2.05) is 6.07 Å². The zero-order chi connectivity index (χ0) is 22.6. The summed E-state index contributed by atoms with van der Waals surface area (Å²) in [7, 11) is -6.44. The van der Waals surface area contributed by atoms with E-state index < -0.39 is 31.0 Å². The van der Waals surface area contributed by atoms with E-state index in [1.54, 1.807) is 18.2 Å². The number of fused-ring (bicyclic) bond motifs is 1. The molecule has 168 valence electrons. The van der Waals surface area contributed by atoms with E-state index in [0.717, 1.165) is 17.4 Å². The number of hydrogen-bond acceptors (Lipinski definition) is 6. The number of benzene rings is 2. The van der Waals surface area contributed by atoms with Gasteiger partial charge in [-0.05, 0) is 61.3 Å². The average Bonchev–Trinajstić information content (AvgIpc) is 3.27. The van der Waals surface area contributed by atoms with Gasteiger partial charge in [-0.3, -0.25) is 4.90 Å². The molecule has 2 aliphatic rings. The maximum atomic E-state index is 12.1. The molecule has 2 aromatic rings. The first-order valence-electron chi connectivity index (χ1n) is 9.81. The Kier molecular flexibility index (Phi) is 6.07. The third-order valence-corrected chi connectivity index (χ3v) is 9.31. The molecule has 31 heavy (non-hydrogen) atoms. The van der Waals surface area contributed by atoms with Crippen LogP contribution in [0.15, 0.2) is 41.3 Å². The van der Waals surface area contributed by atoms with Crippen LogP contribution in [-0.2, 0) is 26.1 Å². The van der Waals surface area contributed by atoms with E-state index in [2.05, 4.69) is 4.90 Å². The van der Waals surface area contributed by atoms with Crippen molar-refractivity contribution in [3.8, 4) is 5.75 Å². The molecule has 4 rings (SSSR count). The summed E-state index contributed by atoms with van der Waals surface area (Å²) in [6.45, 7) is 1.09. The maximum Gasteiger partial charge on any atom is 0.175 e. The van der Waals surface area contributed by atoms with Gasteiger partial charge in [0, 0.05) is 34.7 Å². The summed E-state index contributed by atoms with van der Waals surface area (Å²) in [6.07, 6.45) is 3.22. The minimum atomic E-state index is -3.31. The van der Waals surface area contributed by atoms with Crippen LogP contribution >= 0.6 is 23.2 Å². The smallest absolute Gasteiger partial charge is 0.175 e. The molecule has 0 saturated carbocycles. The summed E-state index contributed by atoms with van der Waals surface area (Å²) in [5.41, 5.74) is 1.81. The monoisotopic (exact) mass is 503 g/mol. The fourth-order valence-corrected chi connectivity index (χ4v) is 6.61. The van der Waals surface area contributed by atoms with Gasteiger partial charge in [0.15, 0.2) is 19.7 Å². The summed E-state index contributed by atoms with van der Waals surface area (Å²) in [5, 5.41) is 0.663. The van der Waals surface area contributed by atoms with Gasteiger partial charge >= 0.3 is 0 Å². The maximum absolute atomic E-state index is 12.1. The Morgan fingerprint density at radius 3 is 2.29 bits per heavy atom. The lowest BCUT2D eigenvalue weighted by Gasteiger charge is -2.30. The van der Waals surface area contributed by atoms with Crippen molar-refractivity contribution in [1.82, 2.24) is 4.90 Å². The number of sulfone groups is 2. The molecular formula is C21H23Cl2NO5S2. The lowest BCUT2D eigenvalue weighted by molar-refractivity contribution is 0.0942. The van der Waals surface area contributed by atoms with Gasteiger partial charge < -0.3 is 4.74 Å². The molecule has 0 spiro atoms. The molecule has 0 amide bonds. The van der Waals surface area contributed by atoms with Gasteiger partial charge in [-0.1, -0.05) is 23.2 Å². The van der Waals surface area contributed by atoms with Crippen LogP contribution in [0.3, 0.4) is 0 Å². The average molecular weight is 504 g/mol. The van der Waals surface area contributed by atoms with Gasteiger partial charge in [-0.25, -0.2) is 16.8 Å². The number of likely N-dealkylation sites (tertiary alicyclic amines) is 1. The quantitative estimate of drug-likeness (QED) is 0.620. The van der Waals surface area contributed by atoms with Crippen molar-refractivity contribution >= 4 is 42.9 Å². The molecule has 0 N–H and O–H groups in total. The third kappa shape index (κ3) is 4.73. The van der Waals surface area contributed by atoms with Crippen molar-refractivity contribution in [2.45, 2.75) is 35.1 Å². The van der Waals surface area contributed by atoms with Crippen LogP contribution in [0.4, 0.5) is 0 Å². The van der Waals surface area contributed by atoms with Crippen molar-refractivity contribution in [3.63, 3.8) is 0 Å². The Bertz CT molecular complexity index is 1210. The van der Waals surface area contributed by atoms with Gasteiger partial charge in [0.05, 0.1) is 16.2 Å². The largest absolute Gasteiger partial charge is 0.484 e. The van der Waals surface area contributed by atoms with Crippen LogP contribution in [0, 0.1) is 0 Å². The van der Waals surface area contributed by atoms with Gasteiger partial charge in [0.2, 0.25) is 0 Å². The fourth-order valence-electron chi connectivity index (χ4n) is 4.40. The van der Waals surface area contributed by atoms with Crippen molar-refractivity contribution in [1.29, 1.82) is 0 Å². The zero-order valence-electron chi connectivity index (χ0n) is 17.1. The normalized spacial score (nSPS) is 24.3. The molecular weight excluding hydrogens is 481 g/mol. The highest BCUT2D eigenvalue weighted by atomic mass is 35.5. The predicted molar refractivity (Wildman–Crippen MR) is 122 cm³/mol. The molecule has 1 saturated heterocycles. The second kappa shape index (κ2) is 8.23. The van der Waals surface area contributed by atoms with E-state index >= 15 is 0 Å². The Morgan fingerprint density at radius 1 is 1.03 bits per heavy atom. The Labute approximate surface area is 192 Å². The van der Waals surface area contributed by atoms with Crippen LogP contribution in [0.1, 0.15) is 23.7 Å². The highest BCUT2D eigenvalue weighted by Crippen LogP contribution is 2.43. The van der Waals surface area contributed by atoms with E-state index in [4.69, 9.17) is 27.9 Å². The first kappa shape index (κ1) is 22.9. The molecule has 10 heteroatoms. The zero-order valence-corrected chi connectivity index (χ0v) is 20.2. The van der Waals surface area contributed by atoms with E-state index in [9.17, 15) is 16.8 Å². The van der Waals surface area contributed by atoms with Gasteiger partial charge in [-0.2, -0.15) is 0 Å². The summed E-state index contributed by atoms with van der Waals surface area (Å²) < 4.78 is 53.9. The Morgan fingerprint density at radius 2 is 1.71 bits per heavy atom. The van der Waals surface area contributed by atoms with Crippen molar-refractivity contribution in [3.05, 3.63) is 57.6 Å². The number of ether oxygens (including phenoxy) is 1. The van der Waals surface area contributed by atoms with Gasteiger partial charge in [0.1, 0.15) is 11.9 Å². The number of rotatable bonds is 5. The van der Waals surface area contributed by atoms with Crippen LogP contribution < -0.4 is 4.74 Å². The van der Waals surface area contributed by atoms with Crippen LogP contribution in [-0.4, -0.2) is 58.6 Å². The topological polar surface area (TPSA) is 80.8 Å². The van der Waals surface area contributed by atoms with Crippen LogP contribution in [0.2, 0.25) is 10.0 Å². The van der Waals surface area contributed by atoms with E-state index in [-0.39, 0.29) is 10.9 Å². The SMILES string of the molecule is CS(=O)(=O)c1ccc(O[C@@H]2c3cc(Cl)cc(Cl)c3C[C@@H]2N2CCC(S(C)(=O)=O)C2)cc1. The summed E-state index contributed by atoms with van der Waals surface area (Å²) >= 11 is 12.7. The first-order valence-corrected chi connectivity index (χ1v) is 14.4. The molecule has 6 nitrogen and oxygen atoms in total. The third-order valence-electron chi connectivity index (χ3n) is 6.03. The van der Waals surface area contributed by atoms with Crippen molar-refractivity contribution in [2.24, 2.45) is 0 Å². The standard InChI is InChI=1S/C21H23Cl2NO5S2/c1-30(25,26)15-5-3-14(4-6-15)29-21-18-9-13(22)10-19(23)17(18)11-20(21)24-8-7-16(12-24)31(2,27)28/h3-6,9-10,16,20-21H,7-8,11-12H2,1-2H3/t16?,20-,21+/m0/s1. The minimum Gasteiger partial charge on any atom is -0.484 e. The van der Waals surface area contributed by atoms with E-state index in [0.29, 0.717) is 41.7 Å². The Hall–Kier alpha value is -1.32. The molecule has 1 aliphatic heterocycles. The number of halogens is 2. The van der Waals surface area contributed by atoms with Crippen molar-refractivity contribution in [2.75, 3.05) is 25.6 Å². The minimum absolute atomic E-state index is 0.104. The molecule has 0 radical (unpaired) electrons. The van der Waals surface area contributed by atoms with Gasteiger partial charge in [0.25, 0.3) is 0 Å². The number of hydrogen-bond donors (Lipinski definition) is 0. The summed E-state index contributed by atoms with van der Waals surface area (Å²) in [4.78, 5) is 2.36. The van der Waals surface area contributed by atoms with Crippen LogP contribution in [0.25, 0.3) is 0 Å². The molecule has 2 aromatic carbocycles. The highest BCUT2D eigenvalue weighted by molar-refractivity contribution is 7.91. The van der Waals surface area contributed by atoms with Crippen molar-refractivity contribution < 1.29 is 21.6 Å². The number of nitrogens with zero attached hydrogens (tertiary/aromatic N) is 1. The molecule has 1 aliphatic carbocycles. The predicted octanol–water partition coefficient (Wildman–Crippen LogP) is 3.56. The molecule has 0 aromatic heterocycles. The van der Waals surface area contributed by atoms with E-state index in [1.165, 1.54) is 18.4 Å². The summed E-state index contributed by atoms with van der Waals surface area (Å²) in [6, 6.07) is 9.70. The second-order valence-corrected chi connectivity index (χ2v) is 13.4. The first-order chi connectivity index (χ1) is 14.4. The molecule has 1 unspecified atom stereocenters. The molecule has 3 atom stereocenters. The molecule has 0 bridgehead atoms. The second-order valence-electron chi connectivity index (χ2n) is 8.24. The fraction of sp³-hybridized carbons (Fsp3) is 0.429. The van der Waals surface area contributed by atoms with Crippen LogP contribution in [0.5, 0.6) is 5.75 Å². The lowest BCUT2D eigenvalue weighted by Crippen LogP contribution is -2.39. The molecule has 1 fully saturated rings.